The van der Waals surface area contributed by atoms with Crippen LogP contribution in [0.2, 0.25) is 0 Å². The number of primary amides is 1. The van der Waals surface area contributed by atoms with E-state index in [0.29, 0.717) is 5.69 Å². The van der Waals surface area contributed by atoms with Crippen LogP contribution in [0.5, 0.6) is 0 Å². The van der Waals surface area contributed by atoms with E-state index in [1.165, 1.54) is 0 Å². The normalized spacial score (nSPS) is 9.80. The van der Waals surface area contributed by atoms with Gasteiger partial charge in [-0.05, 0) is 19.1 Å². The molecule has 3 heteroatoms. The minimum absolute atomic E-state index is 0.379. The highest BCUT2D eigenvalue weighted by molar-refractivity contribution is 5.91. The van der Waals surface area contributed by atoms with Crippen molar-refractivity contribution in [3.63, 3.8) is 0 Å². The van der Waals surface area contributed by atoms with Crippen LogP contribution < -0.4 is 5.73 Å². The molecule has 10 heavy (non-hydrogen) atoms. The van der Waals surface area contributed by atoms with Gasteiger partial charge in [-0.25, -0.2) is 0 Å². The van der Waals surface area contributed by atoms with E-state index in [-0.39, 0.29) is 5.91 Å². The predicted molar refractivity (Wildman–Crippen MR) is 38.7 cm³/mol. The topological polar surface area (TPSA) is 48.0 Å². The Labute approximate surface area is 59.4 Å². The van der Waals surface area contributed by atoms with E-state index < -0.39 is 0 Å². The Morgan fingerprint density at radius 1 is 1.60 bits per heavy atom. The molecule has 1 rings (SSSR count). The third kappa shape index (κ3) is 0.900. The first kappa shape index (κ1) is 6.86. The molecule has 0 aliphatic heterocycles. The van der Waals surface area contributed by atoms with Gasteiger partial charge in [0.05, 0.1) is 0 Å². The van der Waals surface area contributed by atoms with Crippen LogP contribution in [0.15, 0.2) is 12.1 Å². The molecule has 0 saturated carbocycles. The lowest BCUT2D eigenvalue weighted by atomic mass is 10.4. The molecule has 0 aromatic carbocycles. The lowest BCUT2D eigenvalue weighted by molar-refractivity contribution is 0.0992. The number of amides is 1. The molecule has 0 spiro atoms. The van der Waals surface area contributed by atoms with Gasteiger partial charge >= 0.3 is 0 Å². The smallest absolute Gasteiger partial charge is 0.265 e. The Kier molecular flexibility index (Phi) is 1.49. The van der Waals surface area contributed by atoms with Crippen LogP contribution in [-0.2, 0) is 7.05 Å². The van der Waals surface area contributed by atoms with Crippen molar-refractivity contribution in [3.8, 4) is 0 Å². The summed E-state index contributed by atoms with van der Waals surface area (Å²) in [6, 6.07) is 3.58. The number of hydrogen-bond acceptors (Lipinski definition) is 1. The van der Waals surface area contributed by atoms with E-state index >= 15 is 0 Å². The number of nitrogens with zero attached hydrogens (tertiary/aromatic N) is 1. The summed E-state index contributed by atoms with van der Waals surface area (Å²) in [4.78, 5) is 10.6. The molecule has 0 bridgehead atoms. The molecule has 0 radical (unpaired) electrons. The Bertz CT molecular complexity index is 263. The van der Waals surface area contributed by atoms with Crippen molar-refractivity contribution in [1.82, 2.24) is 4.57 Å². The summed E-state index contributed by atoms with van der Waals surface area (Å²) in [7, 11) is 1.81. The standard InChI is InChI=1S/C7H10N2O/c1-5-3-4-6(7(8)10)9(5)2/h3-4H,1-2H3,(H2,8,10). The molecule has 0 aliphatic carbocycles. The largest absolute Gasteiger partial charge is 0.364 e. The van der Waals surface area contributed by atoms with Crippen LogP contribution in [-0.4, -0.2) is 10.5 Å². The summed E-state index contributed by atoms with van der Waals surface area (Å²) in [5, 5.41) is 0. The fraction of sp³-hybridized carbons (Fsp3) is 0.286. The molecular formula is C7H10N2O. The second kappa shape index (κ2) is 2.17. The van der Waals surface area contributed by atoms with E-state index in [1.54, 1.807) is 10.6 Å². The third-order valence-electron chi connectivity index (χ3n) is 1.63. The summed E-state index contributed by atoms with van der Waals surface area (Å²) in [6.07, 6.45) is 0. The van der Waals surface area contributed by atoms with E-state index in [2.05, 4.69) is 0 Å². The fourth-order valence-electron chi connectivity index (χ4n) is 0.861. The van der Waals surface area contributed by atoms with Crippen molar-refractivity contribution in [2.45, 2.75) is 6.92 Å². The lowest BCUT2D eigenvalue weighted by Crippen LogP contribution is -2.15. The average molecular weight is 138 g/mol. The molecule has 3 nitrogen and oxygen atoms in total. The van der Waals surface area contributed by atoms with Crippen LogP contribution in [0.4, 0.5) is 0 Å². The van der Waals surface area contributed by atoms with Crippen LogP contribution in [0.3, 0.4) is 0 Å². The van der Waals surface area contributed by atoms with Gasteiger partial charge in [0, 0.05) is 12.7 Å². The zero-order chi connectivity index (χ0) is 7.72. The molecule has 0 aliphatic rings. The van der Waals surface area contributed by atoms with Gasteiger partial charge in [-0.1, -0.05) is 0 Å². The van der Waals surface area contributed by atoms with Crippen LogP contribution in [0.25, 0.3) is 0 Å². The minimum atomic E-state index is -0.379. The Hall–Kier alpha value is -1.25. The van der Waals surface area contributed by atoms with Gasteiger partial charge in [-0.15, -0.1) is 0 Å². The quantitative estimate of drug-likeness (QED) is 0.601. The number of rotatable bonds is 1. The first-order valence-electron chi connectivity index (χ1n) is 3.05. The molecule has 0 atom stereocenters. The highest BCUT2D eigenvalue weighted by Crippen LogP contribution is 2.03. The van der Waals surface area contributed by atoms with E-state index in [9.17, 15) is 4.79 Å². The molecule has 54 valence electrons. The first-order chi connectivity index (χ1) is 4.63. The number of nitrogens with two attached hydrogens (primary N) is 1. The highest BCUT2D eigenvalue weighted by Gasteiger charge is 2.04. The SMILES string of the molecule is Cc1ccc(C(N)=O)n1C. The van der Waals surface area contributed by atoms with E-state index in [4.69, 9.17) is 5.73 Å². The molecule has 1 amide bonds. The summed E-state index contributed by atoms with van der Waals surface area (Å²) in [6.45, 7) is 1.92. The second-order valence-electron chi connectivity index (χ2n) is 2.28. The van der Waals surface area contributed by atoms with E-state index in [1.807, 2.05) is 20.0 Å². The predicted octanol–water partition coefficient (Wildman–Crippen LogP) is 0.432. The van der Waals surface area contributed by atoms with Gasteiger partial charge in [0.15, 0.2) is 0 Å². The van der Waals surface area contributed by atoms with Crippen LogP contribution in [0, 0.1) is 6.92 Å². The van der Waals surface area contributed by atoms with Gasteiger partial charge in [0.25, 0.3) is 5.91 Å². The number of aromatic nitrogens is 1. The molecule has 0 saturated heterocycles. The van der Waals surface area contributed by atoms with Gasteiger partial charge in [0.1, 0.15) is 5.69 Å². The molecule has 0 fully saturated rings. The average Bonchev–Trinajstić information content (AvgIpc) is 2.14. The van der Waals surface area contributed by atoms with Gasteiger partial charge in [0.2, 0.25) is 0 Å². The summed E-state index contributed by atoms with van der Waals surface area (Å²) in [5.41, 5.74) is 6.66. The van der Waals surface area contributed by atoms with Crippen molar-refractivity contribution in [2.24, 2.45) is 12.8 Å². The second-order valence-corrected chi connectivity index (χ2v) is 2.28. The fourth-order valence-corrected chi connectivity index (χ4v) is 0.861. The summed E-state index contributed by atoms with van der Waals surface area (Å²) >= 11 is 0. The zero-order valence-electron chi connectivity index (χ0n) is 6.09. The number of aryl methyl sites for hydroxylation is 1. The summed E-state index contributed by atoms with van der Waals surface area (Å²) < 4.78 is 1.77. The minimum Gasteiger partial charge on any atom is -0.364 e. The van der Waals surface area contributed by atoms with E-state index in [0.717, 1.165) is 5.69 Å². The maximum absolute atomic E-state index is 10.6. The molecule has 0 unspecified atom stereocenters. The molecule has 1 heterocycles. The third-order valence-corrected chi connectivity index (χ3v) is 1.63. The van der Waals surface area contributed by atoms with Crippen molar-refractivity contribution < 1.29 is 4.79 Å². The lowest BCUT2D eigenvalue weighted by Gasteiger charge is -1.98. The number of hydrogen-bond donors (Lipinski definition) is 1. The maximum Gasteiger partial charge on any atom is 0.265 e. The van der Waals surface area contributed by atoms with Crippen molar-refractivity contribution in [3.05, 3.63) is 23.5 Å². The van der Waals surface area contributed by atoms with Crippen molar-refractivity contribution in [2.75, 3.05) is 0 Å². The first-order valence-corrected chi connectivity index (χ1v) is 3.05. The molecular weight excluding hydrogens is 128 g/mol. The number of carbonyl (C=O) groups is 1. The monoisotopic (exact) mass is 138 g/mol. The Morgan fingerprint density at radius 3 is 2.40 bits per heavy atom. The number of carbonyl (C=O) groups excluding carboxylic acids is 1. The van der Waals surface area contributed by atoms with Crippen molar-refractivity contribution >= 4 is 5.91 Å². The van der Waals surface area contributed by atoms with Crippen molar-refractivity contribution in [1.29, 1.82) is 0 Å². The summed E-state index contributed by atoms with van der Waals surface area (Å²) in [5.74, 6) is -0.379. The Balaban J connectivity index is 3.17. The van der Waals surface area contributed by atoms with Crippen LogP contribution in [0.1, 0.15) is 16.2 Å². The maximum atomic E-state index is 10.6. The van der Waals surface area contributed by atoms with Gasteiger partial charge < -0.3 is 10.3 Å². The van der Waals surface area contributed by atoms with Gasteiger partial charge in [-0.3, -0.25) is 4.79 Å². The highest BCUT2D eigenvalue weighted by atomic mass is 16.1. The molecule has 1 aromatic heterocycles. The molecule has 1 aromatic rings. The zero-order valence-corrected chi connectivity index (χ0v) is 6.09. The Morgan fingerprint density at radius 2 is 2.20 bits per heavy atom. The van der Waals surface area contributed by atoms with Gasteiger partial charge in [-0.2, -0.15) is 0 Å². The van der Waals surface area contributed by atoms with Crippen LogP contribution >= 0.6 is 0 Å². The molecule has 2 N–H and O–H groups in total.